The molecule has 1 aliphatic heterocycles. The van der Waals surface area contributed by atoms with Gasteiger partial charge >= 0.3 is 0 Å². The van der Waals surface area contributed by atoms with Crippen LogP contribution in [-0.2, 0) is 9.53 Å². The van der Waals surface area contributed by atoms with Gasteiger partial charge in [0.2, 0.25) is 5.91 Å². The lowest BCUT2D eigenvalue weighted by molar-refractivity contribution is -0.232. The summed E-state index contributed by atoms with van der Waals surface area (Å²) in [6.07, 6.45) is -7.94. The van der Waals surface area contributed by atoms with Crippen LogP contribution in [0, 0.1) is 0 Å². The predicted octanol–water partition coefficient (Wildman–Crippen LogP) is -0.652. The van der Waals surface area contributed by atoms with Crippen molar-refractivity contribution in [3.05, 3.63) is 65.0 Å². The number of hydrogen-bond donors (Lipinski definition) is 4. The van der Waals surface area contributed by atoms with Crippen molar-refractivity contribution in [3.8, 4) is 11.4 Å². The van der Waals surface area contributed by atoms with Crippen LogP contribution in [0.4, 0.5) is 0 Å². The molecule has 1 saturated heterocycles. The van der Waals surface area contributed by atoms with Gasteiger partial charge in [-0.15, -0.1) is 0 Å². The van der Waals surface area contributed by atoms with Crippen molar-refractivity contribution in [2.45, 2.75) is 37.6 Å². The third-order valence-electron chi connectivity index (χ3n) is 5.43. The van der Waals surface area contributed by atoms with Gasteiger partial charge < -0.3 is 25.2 Å². The Labute approximate surface area is 182 Å². The molecule has 0 unspecified atom stereocenters. The minimum Gasteiger partial charge on any atom is -0.394 e. The average Bonchev–Trinajstić information content (AvgIpc) is 2.80. The van der Waals surface area contributed by atoms with E-state index in [1.54, 1.807) is 54.6 Å². The number of aliphatic hydroxyl groups is 4. The van der Waals surface area contributed by atoms with Gasteiger partial charge in [0.25, 0.3) is 5.56 Å². The van der Waals surface area contributed by atoms with Gasteiger partial charge in [-0.2, -0.15) is 4.68 Å². The maximum atomic E-state index is 13.5. The van der Waals surface area contributed by atoms with Crippen LogP contribution >= 0.6 is 0 Å². The lowest BCUT2D eigenvalue weighted by atomic mass is 9.98. The highest BCUT2D eigenvalue weighted by molar-refractivity contribution is 5.86. The minimum atomic E-state index is -1.77. The van der Waals surface area contributed by atoms with E-state index in [2.05, 4.69) is 4.98 Å². The van der Waals surface area contributed by atoms with E-state index in [4.69, 9.17) is 4.74 Å². The Morgan fingerprint density at radius 2 is 1.69 bits per heavy atom. The monoisotopic (exact) mass is 441 g/mol. The van der Waals surface area contributed by atoms with Crippen LogP contribution < -0.4 is 10.6 Å². The van der Waals surface area contributed by atoms with Crippen molar-refractivity contribution in [1.82, 2.24) is 9.66 Å². The lowest BCUT2D eigenvalue weighted by Crippen LogP contribution is -2.67. The molecule has 10 heteroatoms. The molecule has 0 spiro atoms. The standard InChI is InChI=1S/C22H23N3O7/c1-12(27)24(22-19(30)18(29)17(28)16(11-26)32-22)25-20(13-7-3-2-4-8-13)23-15-10-6-5-9-14(15)21(25)31/h2-10,16-19,22,26,28-30H,11H2,1H3/t16-,17+,18+,19-,22-/m1/s1. The highest BCUT2D eigenvalue weighted by atomic mass is 16.6. The van der Waals surface area contributed by atoms with Gasteiger partial charge in [-0.05, 0) is 12.1 Å². The smallest absolute Gasteiger partial charge is 0.280 e. The van der Waals surface area contributed by atoms with Crippen molar-refractivity contribution < 1.29 is 30.0 Å². The summed E-state index contributed by atoms with van der Waals surface area (Å²) in [4.78, 5) is 30.9. The van der Waals surface area contributed by atoms with E-state index >= 15 is 0 Å². The van der Waals surface area contributed by atoms with Gasteiger partial charge in [0.05, 0.1) is 17.5 Å². The van der Waals surface area contributed by atoms with Crippen molar-refractivity contribution in [2.75, 3.05) is 11.6 Å². The van der Waals surface area contributed by atoms with Crippen LogP contribution in [-0.4, -0.2) is 73.2 Å². The van der Waals surface area contributed by atoms with E-state index in [0.717, 1.165) is 16.6 Å². The summed E-state index contributed by atoms with van der Waals surface area (Å²) in [7, 11) is 0. The summed E-state index contributed by atoms with van der Waals surface area (Å²) in [5.41, 5.74) is 0.331. The zero-order valence-corrected chi connectivity index (χ0v) is 17.1. The topological polar surface area (TPSA) is 145 Å². The fourth-order valence-electron chi connectivity index (χ4n) is 3.82. The molecule has 2 heterocycles. The molecule has 0 aliphatic carbocycles. The van der Waals surface area contributed by atoms with Crippen LogP contribution in [0.5, 0.6) is 0 Å². The number of rotatable bonds is 4. The molecule has 4 N–H and O–H groups in total. The van der Waals surface area contributed by atoms with Crippen LogP contribution in [0.25, 0.3) is 22.3 Å². The maximum Gasteiger partial charge on any atom is 0.280 e. The zero-order chi connectivity index (χ0) is 23.0. The average molecular weight is 441 g/mol. The Bertz CT molecular complexity index is 1180. The molecule has 168 valence electrons. The number of carbonyl (C=O) groups excluding carboxylic acids is 1. The summed E-state index contributed by atoms with van der Waals surface area (Å²) < 4.78 is 6.57. The first-order valence-corrected chi connectivity index (χ1v) is 10.0. The molecule has 5 atom stereocenters. The number of carbonyl (C=O) groups is 1. The minimum absolute atomic E-state index is 0.112. The largest absolute Gasteiger partial charge is 0.394 e. The molecule has 2 aromatic carbocycles. The Hall–Kier alpha value is -3.15. The number of aromatic nitrogens is 2. The summed E-state index contributed by atoms with van der Waals surface area (Å²) in [6, 6.07) is 15.3. The number of hydrogen-bond acceptors (Lipinski definition) is 8. The fraction of sp³-hybridized carbons (Fsp3) is 0.318. The maximum absolute atomic E-state index is 13.5. The second kappa shape index (κ2) is 8.77. The van der Waals surface area contributed by atoms with Crippen LogP contribution in [0.2, 0.25) is 0 Å². The van der Waals surface area contributed by atoms with Gasteiger partial charge in [0.1, 0.15) is 24.4 Å². The Balaban J connectivity index is 1.97. The molecule has 0 saturated carbocycles. The first-order valence-electron chi connectivity index (χ1n) is 10.0. The number of benzene rings is 2. The Morgan fingerprint density at radius 1 is 1.03 bits per heavy atom. The summed E-state index contributed by atoms with van der Waals surface area (Å²) in [5.74, 6) is -0.577. The first-order chi connectivity index (χ1) is 15.3. The van der Waals surface area contributed by atoms with Crippen LogP contribution in [0.15, 0.2) is 59.4 Å². The van der Waals surface area contributed by atoms with Gasteiger partial charge in [0.15, 0.2) is 12.1 Å². The molecule has 0 bridgehead atoms. The first kappa shape index (κ1) is 22.1. The summed E-state index contributed by atoms with van der Waals surface area (Å²) in [6.45, 7) is 0.488. The molecule has 0 radical (unpaired) electrons. The van der Waals surface area contributed by atoms with Gasteiger partial charge in [0, 0.05) is 12.5 Å². The van der Waals surface area contributed by atoms with E-state index in [-0.39, 0.29) is 11.2 Å². The molecular formula is C22H23N3O7. The number of para-hydroxylation sites is 1. The third-order valence-corrected chi connectivity index (χ3v) is 5.43. The fourth-order valence-corrected chi connectivity index (χ4v) is 3.82. The zero-order valence-electron chi connectivity index (χ0n) is 17.1. The highest BCUT2D eigenvalue weighted by Gasteiger charge is 2.47. The number of nitrogens with zero attached hydrogens (tertiary/aromatic N) is 3. The molecule has 1 amide bonds. The Morgan fingerprint density at radius 3 is 2.34 bits per heavy atom. The SMILES string of the molecule is CC(=O)N([C@@H]1O[C@H](CO)[C@H](O)[C@H](O)[C@H]1O)n1c(-c2ccccc2)nc2ccccc2c1=O. The van der Waals surface area contributed by atoms with Crippen LogP contribution in [0.1, 0.15) is 6.92 Å². The van der Waals surface area contributed by atoms with E-state index in [9.17, 15) is 30.0 Å². The third kappa shape index (κ3) is 3.68. The molecule has 32 heavy (non-hydrogen) atoms. The molecule has 4 rings (SSSR count). The predicted molar refractivity (Wildman–Crippen MR) is 114 cm³/mol. The van der Waals surface area contributed by atoms with Gasteiger partial charge in [-0.1, -0.05) is 42.5 Å². The Kier molecular flexibility index (Phi) is 6.04. The number of aliphatic hydroxyl groups excluding tert-OH is 4. The van der Waals surface area contributed by atoms with E-state index in [1.807, 2.05) is 0 Å². The lowest BCUT2D eigenvalue weighted by Gasteiger charge is -2.44. The molecule has 1 aromatic heterocycles. The highest BCUT2D eigenvalue weighted by Crippen LogP contribution is 2.26. The van der Waals surface area contributed by atoms with Gasteiger partial charge in [-0.25, -0.2) is 9.99 Å². The molecule has 1 aliphatic rings. The van der Waals surface area contributed by atoms with Gasteiger partial charge in [-0.3, -0.25) is 9.59 Å². The number of ether oxygens (including phenoxy) is 1. The summed E-state index contributed by atoms with van der Waals surface area (Å²) >= 11 is 0. The molecule has 1 fully saturated rings. The second-order valence-corrected chi connectivity index (χ2v) is 7.52. The van der Waals surface area contributed by atoms with E-state index in [0.29, 0.717) is 11.1 Å². The molecule has 3 aromatic rings. The normalized spacial score (nSPS) is 25.6. The molecular weight excluding hydrogens is 418 g/mol. The summed E-state index contributed by atoms with van der Waals surface area (Å²) in [5, 5.41) is 41.6. The van der Waals surface area contributed by atoms with Crippen molar-refractivity contribution in [2.24, 2.45) is 0 Å². The van der Waals surface area contributed by atoms with Crippen molar-refractivity contribution in [3.63, 3.8) is 0 Å². The quantitative estimate of drug-likeness (QED) is 0.418. The van der Waals surface area contributed by atoms with Crippen molar-refractivity contribution in [1.29, 1.82) is 0 Å². The van der Waals surface area contributed by atoms with Crippen LogP contribution in [0.3, 0.4) is 0 Å². The van der Waals surface area contributed by atoms with E-state index in [1.165, 1.54) is 0 Å². The van der Waals surface area contributed by atoms with E-state index < -0.39 is 48.7 Å². The number of fused-ring (bicyclic) bond motifs is 1. The number of amides is 1. The molecule has 10 nitrogen and oxygen atoms in total. The second-order valence-electron chi connectivity index (χ2n) is 7.52. The van der Waals surface area contributed by atoms with Crippen molar-refractivity contribution >= 4 is 16.8 Å².